The van der Waals surface area contributed by atoms with Gasteiger partial charge in [-0.1, -0.05) is 36.4 Å². The van der Waals surface area contributed by atoms with Crippen LogP contribution in [0, 0.1) is 17.2 Å². The SMILES string of the molecule is COc1cc(N2CC3(CCC(CN4CCN5c6ccc7c(c6OCC5C4)CN(C(C)CCC(=O)NC=O)C7=O)CC3)C2)c(F)cc1C1c2ccc(O)cc2CCC1c1ccccc1. The van der Waals surface area contributed by atoms with Crippen LogP contribution in [0.15, 0.2) is 72.8 Å². The number of amides is 3. The van der Waals surface area contributed by atoms with Crippen LogP contribution < -0.4 is 24.6 Å². The molecule has 0 bridgehead atoms. The van der Waals surface area contributed by atoms with Gasteiger partial charge in [-0.3, -0.25) is 24.6 Å². The summed E-state index contributed by atoms with van der Waals surface area (Å²) in [5.74, 6) is 1.88. The number of hydrogen-bond acceptors (Lipinski definition) is 9. The number of halogens is 1. The number of nitrogens with zero attached hydrogens (tertiary/aromatic N) is 4. The zero-order chi connectivity index (χ0) is 43.4. The fraction of sp³-hybridized carbons (Fsp3) is 0.471. The van der Waals surface area contributed by atoms with Crippen LogP contribution >= 0.6 is 0 Å². The third-order valence-electron chi connectivity index (χ3n) is 15.4. The number of nitrogens with one attached hydrogen (secondary N) is 1. The zero-order valence-electron chi connectivity index (χ0n) is 36.4. The molecule has 6 aliphatic rings. The first-order valence-electron chi connectivity index (χ1n) is 22.9. The Bertz CT molecular complexity index is 2390. The summed E-state index contributed by atoms with van der Waals surface area (Å²) in [5, 5.41) is 12.5. The van der Waals surface area contributed by atoms with Gasteiger partial charge in [-0.05, 0) is 111 Å². The van der Waals surface area contributed by atoms with Crippen LogP contribution in [0.4, 0.5) is 15.8 Å². The number of rotatable bonds is 11. The number of aryl methyl sites for hydroxylation is 1. The highest BCUT2D eigenvalue weighted by Gasteiger charge is 2.47. The van der Waals surface area contributed by atoms with Crippen molar-refractivity contribution in [2.24, 2.45) is 11.3 Å². The van der Waals surface area contributed by atoms with Gasteiger partial charge in [0.2, 0.25) is 12.3 Å². The number of aromatic hydroxyl groups is 1. The van der Waals surface area contributed by atoms with Crippen molar-refractivity contribution in [3.05, 3.63) is 112 Å². The van der Waals surface area contributed by atoms with E-state index in [2.05, 4.69) is 44.3 Å². The van der Waals surface area contributed by atoms with Gasteiger partial charge in [-0.15, -0.1) is 0 Å². The summed E-state index contributed by atoms with van der Waals surface area (Å²) in [6.45, 7) is 8.59. The Kier molecular flexibility index (Phi) is 11.1. The highest BCUT2D eigenvalue weighted by Crippen LogP contribution is 2.53. The number of carbonyl (C=O) groups is 3. The Labute approximate surface area is 369 Å². The smallest absolute Gasteiger partial charge is 0.254 e. The van der Waals surface area contributed by atoms with E-state index < -0.39 is 0 Å². The number of phenolic OH excluding ortho intramolecular Hbond substituents is 1. The van der Waals surface area contributed by atoms with Gasteiger partial charge < -0.3 is 29.3 Å². The van der Waals surface area contributed by atoms with Gasteiger partial charge in [-0.25, -0.2) is 4.39 Å². The first-order chi connectivity index (χ1) is 30.6. The van der Waals surface area contributed by atoms with Gasteiger partial charge in [0, 0.05) is 85.8 Å². The topological polar surface area (TPSA) is 115 Å². The highest BCUT2D eigenvalue weighted by molar-refractivity contribution is 6.00. The predicted molar refractivity (Wildman–Crippen MR) is 239 cm³/mol. The first-order valence-corrected chi connectivity index (χ1v) is 22.9. The van der Waals surface area contributed by atoms with Crippen LogP contribution in [0.25, 0.3) is 0 Å². The van der Waals surface area contributed by atoms with E-state index in [1.54, 1.807) is 24.1 Å². The van der Waals surface area contributed by atoms with E-state index in [1.807, 2.05) is 43.3 Å². The number of imide groups is 1. The van der Waals surface area contributed by atoms with Crippen molar-refractivity contribution in [1.82, 2.24) is 15.1 Å². The molecular formula is C51H58FN5O6. The van der Waals surface area contributed by atoms with Crippen LogP contribution in [0.1, 0.15) is 102 Å². The molecule has 4 unspecified atom stereocenters. The Morgan fingerprint density at radius 2 is 1.83 bits per heavy atom. The number of carbonyl (C=O) groups excluding carboxylic acids is 3. The van der Waals surface area contributed by atoms with Crippen LogP contribution in [0.2, 0.25) is 0 Å². The van der Waals surface area contributed by atoms with Gasteiger partial charge in [0.15, 0.2) is 0 Å². The van der Waals surface area contributed by atoms with E-state index in [0.717, 1.165) is 98.6 Å². The molecule has 4 aliphatic heterocycles. The fourth-order valence-electron chi connectivity index (χ4n) is 12.0. The second-order valence-electron chi connectivity index (χ2n) is 19.1. The van der Waals surface area contributed by atoms with E-state index in [4.69, 9.17) is 9.47 Å². The Morgan fingerprint density at radius 1 is 1.02 bits per heavy atom. The maximum absolute atomic E-state index is 16.4. The van der Waals surface area contributed by atoms with Crippen LogP contribution in [-0.4, -0.2) is 98.2 Å². The molecule has 11 nitrogen and oxygen atoms in total. The molecule has 12 heteroatoms. The molecule has 3 fully saturated rings. The van der Waals surface area contributed by atoms with E-state index in [-0.39, 0.29) is 59.1 Å². The van der Waals surface area contributed by atoms with Crippen molar-refractivity contribution in [3.63, 3.8) is 0 Å². The number of methoxy groups -OCH3 is 1. The number of benzene rings is 4. The number of phenols is 1. The van der Waals surface area contributed by atoms with Crippen molar-refractivity contribution in [2.75, 3.05) is 62.8 Å². The van der Waals surface area contributed by atoms with Crippen molar-refractivity contribution in [1.29, 1.82) is 0 Å². The number of ether oxygens (including phenoxy) is 2. The summed E-state index contributed by atoms with van der Waals surface area (Å²) in [6, 6.07) is 23.8. The highest BCUT2D eigenvalue weighted by atomic mass is 19.1. The molecule has 4 aromatic rings. The summed E-state index contributed by atoms with van der Waals surface area (Å²) in [7, 11) is 1.69. The number of piperazine rings is 1. The lowest BCUT2D eigenvalue weighted by Gasteiger charge is -2.55. The molecule has 10 rings (SSSR count). The van der Waals surface area contributed by atoms with Gasteiger partial charge >= 0.3 is 0 Å². The molecule has 4 aromatic carbocycles. The molecule has 1 saturated carbocycles. The van der Waals surface area contributed by atoms with E-state index in [1.165, 1.54) is 18.4 Å². The number of anilines is 2. The average Bonchev–Trinajstić information content (AvgIpc) is 3.63. The minimum atomic E-state index is -0.342. The lowest BCUT2D eigenvalue weighted by atomic mass is 9.65. The van der Waals surface area contributed by atoms with Crippen LogP contribution in [0.5, 0.6) is 17.2 Å². The second-order valence-corrected chi connectivity index (χ2v) is 19.1. The quantitative estimate of drug-likeness (QED) is 0.149. The summed E-state index contributed by atoms with van der Waals surface area (Å²) < 4.78 is 29.0. The van der Waals surface area contributed by atoms with Crippen LogP contribution in [0.3, 0.4) is 0 Å². The van der Waals surface area contributed by atoms with E-state index >= 15 is 4.39 Å². The standard InChI is InChI=1S/C51H58FN5O6/c1-32(8-15-47(60)53-31-58)57-27-42-40(50(57)61)13-14-44-49(42)63-28-36-26-54(20-21-56(36)44)25-33-16-18-51(19-17-33)29-55(30-51)45-24-46(62-2)41(23-43(45)52)48-38(34-6-4-3-5-7-34)11-9-35-22-37(59)10-12-39(35)48/h3-7,10,12-14,22-24,31-33,36,38,48,59H,8-9,11,15-21,25-30H2,1-2H3,(H,53,58,60). The zero-order valence-corrected chi connectivity index (χ0v) is 36.4. The van der Waals surface area contributed by atoms with Gasteiger partial charge in [0.25, 0.3) is 5.91 Å². The molecule has 4 heterocycles. The summed E-state index contributed by atoms with van der Waals surface area (Å²) in [6.07, 6.45) is 7.45. The van der Waals surface area contributed by atoms with Gasteiger partial charge in [0.05, 0.1) is 31.1 Å². The molecule has 0 radical (unpaired) electrons. The average molecular weight is 856 g/mol. The van der Waals surface area contributed by atoms with E-state index in [9.17, 15) is 19.5 Å². The first kappa shape index (κ1) is 41.4. The molecule has 0 aromatic heterocycles. The van der Waals surface area contributed by atoms with Crippen molar-refractivity contribution >= 4 is 29.6 Å². The van der Waals surface area contributed by atoms with E-state index in [0.29, 0.717) is 48.9 Å². The van der Waals surface area contributed by atoms with Gasteiger partial charge in [0.1, 0.15) is 29.7 Å². The Morgan fingerprint density at radius 3 is 2.60 bits per heavy atom. The molecule has 330 valence electrons. The minimum Gasteiger partial charge on any atom is -0.508 e. The minimum absolute atomic E-state index is 0.0423. The second kappa shape index (κ2) is 16.8. The Hall–Kier alpha value is -5.62. The summed E-state index contributed by atoms with van der Waals surface area (Å²) >= 11 is 0. The molecule has 2 N–H and O–H groups in total. The molecule has 2 aliphatic carbocycles. The van der Waals surface area contributed by atoms with Crippen molar-refractivity contribution in [2.45, 2.75) is 88.8 Å². The fourth-order valence-corrected chi connectivity index (χ4v) is 12.0. The maximum atomic E-state index is 16.4. The van der Waals surface area contributed by atoms with Crippen LogP contribution in [-0.2, 0) is 22.6 Å². The third-order valence-corrected chi connectivity index (χ3v) is 15.4. The molecule has 2 saturated heterocycles. The molecule has 4 atom stereocenters. The molecular weight excluding hydrogens is 798 g/mol. The molecule has 1 spiro atoms. The van der Waals surface area contributed by atoms with Crippen molar-refractivity contribution < 1.29 is 33.4 Å². The summed E-state index contributed by atoms with van der Waals surface area (Å²) in [4.78, 5) is 45.0. The number of fused-ring (bicyclic) bond motifs is 6. The monoisotopic (exact) mass is 855 g/mol. The lowest BCUT2D eigenvalue weighted by molar-refractivity contribution is -0.125. The Balaban J connectivity index is 0.748. The maximum Gasteiger partial charge on any atom is 0.254 e. The lowest BCUT2D eigenvalue weighted by Crippen LogP contribution is -2.59. The molecule has 63 heavy (non-hydrogen) atoms. The third kappa shape index (κ3) is 7.68. The van der Waals surface area contributed by atoms with Crippen molar-refractivity contribution in [3.8, 4) is 17.2 Å². The number of hydrogen-bond donors (Lipinski definition) is 2. The summed E-state index contributed by atoms with van der Waals surface area (Å²) in [5.41, 5.74) is 7.82. The molecule has 3 amide bonds. The predicted octanol–water partition coefficient (Wildman–Crippen LogP) is 7.38. The normalized spacial score (nSPS) is 23.2. The largest absolute Gasteiger partial charge is 0.508 e. The van der Waals surface area contributed by atoms with Gasteiger partial charge in [-0.2, -0.15) is 0 Å².